The molecule has 108 valence electrons. The third-order valence-corrected chi connectivity index (χ3v) is 4.27. The van der Waals surface area contributed by atoms with Crippen molar-refractivity contribution in [1.29, 1.82) is 0 Å². The first-order chi connectivity index (χ1) is 10.1. The van der Waals surface area contributed by atoms with E-state index in [4.69, 9.17) is 0 Å². The van der Waals surface area contributed by atoms with Crippen LogP contribution in [0.2, 0.25) is 0 Å². The molecule has 2 aromatic carbocycles. The fourth-order valence-electron chi connectivity index (χ4n) is 3.32. The van der Waals surface area contributed by atoms with Crippen molar-refractivity contribution in [2.75, 3.05) is 0 Å². The van der Waals surface area contributed by atoms with Crippen molar-refractivity contribution in [3.8, 4) is 0 Å². The Morgan fingerprint density at radius 3 is 2.05 bits per heavy atom. The quantitative estimate of drug-likeness (QED) is 0.667. The molecule has 2 aromatic rings. The van der Waals surface area contributed by atoms with Gasteiger partial charge in [-0.3, -0.25) is 9.59 Å². The Balaban J connectivity index is 0.00000176. The standard InChI is InChI=1S/C17H14O4.K.H/c18-15(19)17(16(20)21)13-9-5-4-8-12(13)10-14(17)11-6-2-1-3-7-11;;/h1-9,14H,10H2,(H,18,19)(H,20,21);;. The molecule has 4 nitrogen and oxygen atoms in total. The molecular formula is C17H15KO4. The van der Waals surface area contributed by atoms with Crippen LogP contribution in [0.5, 0.6) is 0 Å². The molecular weight excluding hydrogens is 307 g/mol. The normalized spacial score (nSPS) is 18.1. The Labute approximate surface area is 170 Å². The summed E-state index contributed by atoms with van der Waals surface area (Å²) in [6.07, 6.45) is 0.415. The third kappa shape index (κ3) is 2.47. The summed E-state index contributed by atoms with van der Waals surface area (Å²) in [5, 5.41) is 19.5. The van der Waals surface area contributed by atoms with Crippen molar-refractivity contribution in [3.05, 3.63) is 71.3 Å². The van der Waals surface area contributed by atoms with Crippen molar-refractivity contribution in [3.63, 3.8) is 0 Å². The van der Waals surface area contributed by atoms with E-state index in [0.29, 0.717) is 12.0 Å². The van der Waals surface area contributed by atoms with Crippen LogP contribution < -0.4 is 0 Å². The van der Waals surface area contributed by atoms with Gasteiger partial charge in [0.25, 0.3) is 0 Å². The van der Waals surface area contributed by atoms with Crippen molar-refractivity contribution in [2.24, 2.45) is 0 Å². The summed E-state index contributed by atoms with van der Waals surface area (Å²) in [6.45, 7) is 0. The zero-order valence-corrected chi connectivity index (χ0v) is 11.2. The molecule has 1 aliphatic rings. The first-order valence-electron chi connectivity index (χ1n) is 6.68. The number of hydrogen-bond acceptors (Lipinski definition) is 2. The number of fused-ring (bicyclic) bond motifs is 1. The summed E-state index contributed by atoms with van der Waals surface area (Å²) < 4.78 is 0. The van der Waals surface area contributed by atoms with Gasteiger partial charge in [0.05, 0.1) is 0 Å². The molecule has 2 N–H and O–H groups in total. The molecule has 0 radical (unpaired) electrons. The Bertz CT molecular complexity index is 698. The number of benzene rings is 2. The Morgan fingerprint density at radius 1 is 0.909 bits per heavy atom. The van der Waals surface area contributed by atoms with Gasteiger partial charge < -0.3 is 10.2 Å². The summed E-state index contributed by atoms with van der Waals surface area (Å²) in [5.74, 6) is -3.23. The molecule has 0 spiro atoms. The number of hydrogen-bond donors (Lipinski definition) is 2. The van der Waals surface area contributed by atoms with E-state index < -0.39 is 23.3 Å². The number of rotatable bonds is 3. The van der Waals surface area contributed by atoms with Gasteiger partial charge in [0, 0.05) is 5.92 Å². The molecule has 1 unspecified atom stereocenters. The first-order valence-corrected chi connectivity index (χ1v) is 6.68. The fraction of sp³-hybridized carbons (Fsp3) is 0.176. The van der Waals surface area contributed by atoms with E-state index in [-0.39, 0.29) is 51.4 Å². The topological polar surface area (TPSA) is 74.6 Å². The van der Waals surface area contributed by atoms with E-state index in [1.807, 2.05) is 6.07 Å². The maximum atomic E-state index is 11.9. The van der Waals surface area contributed by atoms with Crippen LogP contribution in [-0.4, -0.2) is 73.5 Å². The van der Waals surface area contributed by atoms with Gasteiger partial charge in [-0.1, -0.05) is 54.6 Å². The van der Waals surface area contributed by atoms with Crippen LogP contribution in [-0.2, 0) is 21.4 Å². The Morgan fingerprint density at radius 2 is 1.45 bits per heavy atom. The van der Waals surface area contributed by atoms with Gasteiger partial charge in [0.1, 0.15) is 0 Å². The molecule has 22 heavy (non-hydrogen) atoms. The maximum absolute atomic E-state index is 11.9. The van der Waals surface area contributed by atoms with E-state index >= 15 is 0 Å². The predicted molar refractivity (Wildman–Crippen MR) is 83.4 cm³/mol. The number of aliphatic carboxylic acids is 2. The molecule has 0 aliphatic heterocycles. The monoisotopic (exact) mass is 322 g/mol. The summed E-state index contributed by atoms with van der Waals surface area (Å²) in [7, 11) is 0. The molecule has 0 aromatic heterocycles. The second-order valence-electron chi connectivity index (χ2n) is 5.24. The minimum absolute atomic E-state index is 0. The third-order valence-electron chi connectivity index (χ3n) is 4.27. The molecule has 0 saturated carbocycles. The Kier molecular flexibility index (Phi) is 5.24. The molecule has 3 rings (SSSR count). The van der Waals surface area contributed by atoms with Crippen LogP contribution >= 0.6 is 0 Å². The first kappa shape index (κ1) is 17.4. The van der Waals surface area contributed by atoms with Crippen LogP contribution in [0.3, 0.4) is 0 Å². The molecule has 1 atom stereocenters. The second-order valence-corrected chi connectivity index (χ2v) is 5.24. The van der Waals surface area contributed by atoms with E-state index in [0.717, 1.165) is 11.1 Å². The molecule has 1 aliphatic carbocycles. The number of carboxylic acids is 2. The van der Waals surface area contributed by atoms with Gasteiger partial charge in [0.2, 0.25) is 0 Å². The summed E-state index contributed by atoms with van der Waals surface area (Å²) in [5.41, 5.74) is -0.00805. The van der Waals surface area contributed by atoms with Crippen LogP contribution in [0.1, 0.15) is 22.6 Å². The molecule has 5 heteroatoms. The van der Waals surface area contributed by atoms with Crippen molar-refractivity contribution in [1.82, 2.24) is 0 Å². The van der Waals surface area contributed by atoms with E-state index in [1.54, 1.807) is 48.5 Å². The van der Waals surface area contributed by atoms with E-state index in [1.165, 1.54) is 0 Å². The van der Waals surface area contributed by atoms with Crippen LogP contribution in [0.15, 0.2) is 54.6 Å². The van der Waals surface area contributed by atoms with Gasteiger partial charge in [-0.25, -0.2) is 0 Å². The van der Waals surface area contributed by atoms with Gasteiger partial charge in [-0.2, -0.15) is 0 Å². The van der Waals surface area contributed by atoms with Gasteiger partial charge in [-0.05, 0) is 23.1 Å². The summed E-state index contributed by atoms with van der Waals surface area (Å²) >= 11 is 0. The predicted octanol–water partition coefficient (Wildman–Crippen LogP) is 1.78. The zero-order valence-electron chi connectivity index (χ0n) is 11.2. The number of carboxylic acid groups (broad SMARTS) is 2. The Hall–Kier alpha value is -0.984. The molecule has 0 heterocycles. The molecule has 0 amide bonds. The average Bonchev–Trinajstić information content (AvgIpc) is 2.84. The fourth-order valence-corrected chi connectivity index (χ4v) is 3.32. The zero-order chi connectivity index (χ0) is 15.0. The molecule has 0 bridgehead atoms. The minimum atomic E-state index is -1.92. The van der Waals surface area contributed by atoms with Crippen LogP contribution in [0.4, 0.5) is 0 Å². The van der Waals surface area contributed by atoms with E-state index in [9.17, 15) is 19.8 Å². The SMILES string of the molecule is O=C(O)C1(C(=O)O)c2ccccc2CC1c1ccccc1.[KH]. The summed E-state index contributed by atoms with van der Waals surface area (Å²) in [4.78, 5) is 23.9. The van der Waals surface area contributed by atoms with Gasteiger partial charge in [0.15, 0.2) is 5.41 Å². The number of carbonyl (C=O) groups is 2. The van der Waals surface area contributed by atoms with Gasteiger partial charge in [-0.15, -0.1) is 0 Å². The van der Waals surface area contributed by atoms with Crippen LogP contribution in [0.25, 0.3) is 0 Å². The van der Waals surface area contributed by atoms with Gasteiger partial charge >= 0.3 is 63.3 Å². The van der Waals surface area contributed by atoms with Crippen LogP contribution in [0, 0.1) is 0 Å². The van der Waals surface area contributed by atoms with Crippen molar-refractivity contribution < 1.29 is 19.8 Å². The molecule has 0 fully saturated rings. The average molecular weight is 322 g/mol. The van der Waals surface area contributed by atoms with Crippen molar-refractivity contribution in [2.45, 2.75) is 17.8 Å². The second kappa shape index (κ2) is 6.64. The molecule has 0 saturated heterocycles. The van der Waals surface area contributed by atoms with Crippen molar-refractivity contribution >= 4 is 63.3 Å². The van der Waals surface area contributed by atoms with E-state index in [2.05, 4.69) is 0 Å². The summed E-state index contributed by atoms with van der Waals surface area (Å²) in [6, 6.07) is 15.9.